The number of carbonyl (C=O) groups is 1. The molecule has 1 saturated carbocycles. The zero-order chi connectivity index (χ0) is 15.7. The first-order valence-corrected chi connectivity index (χ1v) is 8.75. The molecule has 22 heavy (non-hydrogen) atoms. The lowest BCUT2D eigenvalue weighted by Gasteiger charge is -2.44. The SMILES string of the molecule is CC(C)CC1(C(=O)N2CC[C@@H](Cc3cnn(C)c3)C2)CCC1. The third-order valence-corrected chi connectivity index (χ3v) is 5.42. The van der Waals surface area contributed by atoms with Crippen LogP contribution in [0.25, 0.3) is 0 Å². The Morgan fingerprint density at radius 3 is 2.77 bits per heavy atom. The minimum atomic E-state index is -0.0165. The van der Waals surface area contributed by atoms with E-state index in [2.05, 4.69) is 30.0 Å². The first-order chi connectivity index (χ1) is 10.5. The lowest BCUT2D eigenvalue weighted by molar-refractivity contribution is -0.148. The van der Waals surface area contributed by atoms with Gasteiger partial charge in [0, 0.05) is 31.7 Å². The third-order valence-electron chi connectivity index (χ3n) is 5.42. The van der Waals surface area contributed by atoms with E-state index < -0.39 is 0 Å². The van der Waals surface area contributed by atoms with Gasteiger partial charge in [-0.25, -0.2) is 0 Å². The van der Waals surface area contributed by atoms with Gasteiger partial charge in [0.05, 0.1) is 6.20 Å². The fraction of sp³-hybridized carbons (Fsp3) is 0.778. The van der Waals surface area contributed by atoms with E-state index in [0.717, 1.165) is 45.2 Å². The number of carbonyl (C=O) groups excluding carboxylic acids is 1. The zero-order valence-electron chi connectivity index (χ0n) is 14.2. The Hall–Kier alpha value is -1.32. The predicted octanol–water partition coefficient (Wildman–Crippen LogP) is 3.03. The van der Waals surface area contributed by atoms with Crippen LogP contribution in [0.5, 0.6) is 0 Å². The Balaban J connectivity index is 1.58. The van der Waals surface area contributed by atoms with Crippen LogP contribution in [-0.2, 0) is 18.3 Å². The minimum absolute atomic E-state index is 0.0165. The first-order valence-electron chi connectivity index (χ1n) is 8.75. The molecule has 2 heterocycles. The summed E-state index contributed by atoms with van der Waals surface area (Å²) in [4.78, 5) is 15.2. The van der Waals surface area contributed by atoms with Crippen LogP contribution in [0.15, 0.2) is 12.4 Å². The molecular formula is C18H29N3O. The maximum absolute atomic E-state index is 13.0. The maximum Gasteiger partial charge on any atom is 0.228 e. The molecule has 0 spiro atoms. The van der Waals surface area contributed by atoms with E-state index in [-0.39, 0.29) is 5.41 Å². The smallest absolute Gasteiger partial charge is 0.228 e. The quantitative estimate of drug-likeness (QED) is 0.838. The van der Waals surface area contributed by atoms with Crippen LogP contribution in [-0.4, -0.2) is 33.7 Å². The highest BCUT2D eigenvalue weighted by Gasteiger charge is 2.47. The molecule has 2 fully saturated rings. The maximum atomic E-state index is 13.0. The van der Waals surface area contributed by atoms with Gasteiger partial charge in [0.2, 0.25) is 5.91 Å². The molecule has 1 amide bonds. The van der Waals surface area contributed by atoms with Gasteiger partial charge in [-0.05, 0) is 49.5 Å². The van der Waals surface area contributed by atoms with E-state index in [9.17, 15) is 4.79 Å². The minimum Gasteiger partial charge on any atom is -0.342 e. The van der Waals surface area contributed by atoms with Gasteiger partial charge in [-0.3, -0.25) is 9.48 Å². The summed E-state index contributed by atoms with van der Waals surface area (Å²) in [5.74, 6) is 1.66. The van der Waals surface area contributed by atoms with Gasteiger partial charge >= 0.3 is 0 Å². The first kappa shape index (κ1) is 15.6. The molecular weight excluding hydrogens is 274 g/mol. The molecule has 1 aromatic heterocycles. The van der Waals surface area contributed by atoms with E-state index in [4.69, 9.17) is 0 Å². The second-order valence-electron chi connectivity index (χ2n) is 7.86. The van der Waals surface area contributed by atoms with Crippen molar-refractivity contribution < 1.29 is 4.79 Å². The molecule has 0 bridgehead atoms. The van der Waals surface area contributed by atoms with Crippen molar-refractivity contribution in [2.75, 3.05) is 13.1 Å². The van der Waals surface area contributed by atoms with Gasteiger partial charge < -0.3 is 4.90 Å². The summed E-state index contributed by atoms with van der Waals surface area (Å²) in [5, 5.41) is 4.24. The fourth-order valence-electron chi connectivity index (χ4n) is 4.32. The Morgan fingerprint density at radius 1 is 1.45 bits per heavy atom. The van der Waals surface area contributed by atoms with Crippen molar-refractivity contribution in [1.82, 2.24) is 14.7 Å². The van der Waals surface area contributed by atoms with Crippen molar-refractivity contribution >= 4 is 5.91 Å². The van der Waals surface area contributed by atoms with Crippen LogP contribution in [0.3, 0.4) is 0 Å². The highest BCUT2D eigenvalue weighted by Crippen LogP contribution is 2.48. The van der Waals surface area contributed by atoms with Crippen molar-refractivity contribution in [3.8, 4) is 0 Å². The van der Waals surface area contributed by atoms with E-state index >= 15 is 0 Å². The summed E-state index contributed by atoms with van der Waals surface area (Å²) in [6.45, 7) is 6.36. The van der Waals surface area contributed by atoms with Crippen molar-refractivity contribution in [2.24, 2.45) is 24.3 Å². The molecule has 1 saturated heterocycles. The number of amides is 1. The van der Waals surface area contributed by atoms with Crippen molar-refractivity contribution in [2.45, 2.75) is 52.4 Å². The van der Waals surface area contributed by atoms with Gasteiger partial charge in [0.1, 0.15) is 0 Å². The lowest BCUT2D eigenvalue weighted by atomic mass is 9.63. The molecule has 1 atom stereocenters. The van der Waals surface area contributed by atoms with Crippen LogP contribution in [0.4, 0.5) is 0 Å². The number of aromatic nitrogens is 2. The van der Waals surface area contributed by atoms with Crippen LogP contribution < -0.4 is 0 Å². The molecule has 4 nitrogen and oxygen atoms in total. The number of rotatable bonds is 5. The van der Waals surface area contributed by atoms with Gasteiger partial charge in [0.15, 0.2) is 0 Å². The van der Waals surface area contributed by atoms with E-state index in [1.54, 1.807) is 0 Å². The molecule has 0 unspecified atom stereocenters. The highest BCUT2D eigenvalue weighted by molar-refractivity contribution is 5.84. The van der Waals surface area contributed by atoms with Gasteiger partial charge in [-0.2, -0.15) is 5.10 Å². The van der Waals surface area contributed by atoms with Crippen molar-refractivity contribution in [3.63, 3.8) is 0 Å². The number of hydrogen-bond donors (Lipinski definition) is 0. The summed E-state index contributed by atoms with van der Waals surface area (Å²) >= 11 is 0. The second-order valence-corrected chi connectivity index (χ2v) is 7.86. The standard InChI is InChI=1S/C18H29N3O/c1-14(2)10-18(6-4-7-18)17(22)21-8-5-15(13-21)9-16-11-19-20(3)12-16/h11-12,14-15H,4-10,13H2,1-3H3/t15-/m0/s1. The molecule has 0 aromatic carbocycles. The molecule has 4 heteroatoms. The summed E-state index contributed by atoms with van der Waals surface area (Å²) in [7, 11) is 1.96. The molecule has 2 aliphatic rings. The topological polar surface area (TPSA) is 38.1 Å². The number of aryl methyl sites for hydroxylation is 1. The average Bonchev–Trinajstić information content (AvgIpc) is 3.03. The van der Waals surface area contributed by atoms with E-state index in [1.807, 2.05) is 17.9 Å². The molecule has 1 aliphatic heterocycles. The largest absolute Gasteiger partial charge is 0.342 e. The van der Waals surface area contributed by atoms with Crippen LogP contribution >= 0.6 is 0 Å². The molecule has 122 valence electrons. The van der Waals surface area contributed by atoms with Gasteiger partial charge in [-0.15, -0.1) is 0 Å². The summed E-state index contributed by atoms with van der Waals surface area (Å²) in [6, 6.07) is 0. The number of nitrogens with zero attached hydrogens (tertiary/aromatic N) is 3. The summed E-state index contributed by atoms with van der Waals surface area (Å²) in [5.41, 5.74) is 1.28. The Kier molecular flexibility index (Phi) is 4.28. The molecule has 1 aliphatic carbocycles. The molecule has 0 N–H and O–H groups in total. The summed E-state index contributed by atoms with van der Waals surface area (Å²) < 4.78 is 1.86. The molecule has 0 radical (unpaired) electrons. The summed E-state index contributed by atoms with van der Waals surface area (Å²) in [6.07, 6.45) is 10.7. The van der Waals surface area contributed by atoms with Crippen LogP contribution in [0, 0.1) is 17.3 Å². The fourth-order valence-corrected chi connectivity index (χ4v) is 4.32. The third kappa shape index (κ3) is 3.06. The van der Waals surface area contributed by atoms with Gasteiger partial charge in [0.25, 0.3) is 0 Å². The second kappa shape index (κ2) is 6.05. The van der Waals surface area contributed by atoms with Gasteiger partial charge in [-0.1, -0.05) is 20.3 Å². The van der Waals surface area contributed by atoms with Crippen LogP contribution in [0.2, 0.25) is 0 Å². The highest BCUT2D eigenvalue weighted by atomic mass is 16.2. The molecule has 1 aromatic rings. The van der Waals surface area contributed by atoms with Crippen LogP contribution in [0.1, 0.15) is 51.5 Å². The van der Waals surface area contributed by atoms with Crippen molar-refractivity contribution in [3.05, 3.63) is 18.0 Å². The molecule has 3 rings (SSSR count). The normalized spacial score (nSPS) is 23.8. The van der Waals surface area contributed by atoms with E-state index in [1.165, 1.54) is 12.0 Å². The monoisotopic (exact) mass is 303 g/mol. The van der Waals surface area contributed by atoms with E-state index in [0.29, 0.717) is 17.7 Å². The lowest BCUT2D eigenvalue weighted by Crippen LogP contribution is -2.47. The average molecular weight is 303 g/mol. The number of hydrogen-bond acceptors (Lipinski definition) is 2. The Bertz CT molecular complexity index is 530. The Labute approximate surface area is 133 Å². The van der Waals surface area contributed by atoms with Crippen molar-refractivity contribution in [1.29, 1.82) is 0 Å². The zero-order valence-corrected chi connectivity index (χ0v) is 14.2. The Morgan fingerprint density at radius 2 is 2.23 bits per heavy atom. The predicted molar refractivity (Wildman–Crippen MR) is 87.3 cm³/mol. The number of likely N-dealkylation sites (tertiary alicyclic amines) is 1.